The Morgan fingerprint density at radius 3 is 1.82 bits per heavy atom. The molecule has 0 unspecified atom stereocenters. The third-order valence-corrected chi connectivity index (χ3v) is 2.27. The Morgan fingerprint density at radius 1 is 0.882 bits per heavy atom. The molecular weight excluding hydrogens is 409 g/mol. The number of benzene rings is 2. The van der Waals surface area contributed by atoms with Gasteiger partial charge in [-0.15, -0.1) is 0 Å². The van der Waals surface area contributed by atoms with Gasteiger partial charge in [-0.1, -0.05) is 41.5 Å². The number of nitrogens with two attached hydrogens (primary N) is 1. The van der Waals surface area contributed by atoms with Crippen LogP contribution < -0.4 is 5.73 Å². The maximum absolute atomic E-state index is 8.28. The summed E-state index contributed by atoms with van der Waals surface area (Å²) in [7, 11) is 0. The van der Waals surface area contributed by atoms with Crippen molar-refractivity contribution in [1.82, 2.24) is 0 Å². The summed E-state index contributed by atoms with van der Waals surface area (Å²) in [5.41, 5.74) is 17.4. The summed E-state index contributed by atoms with van der Waals surface area (Å²) in [6.07, 6.45) is 0. The standard InChI is InChI=1S/C12H10N4.Bi/c13-11-5-1-9(2-6-11)10-3-7-12(8-4-10)15-16-14;/h1-8H,13H2;. The van der Waals surface area contributed by atoms with Gasteiger partial charge in [-0.05, 0) is 28.8 Å². The van der Waals surface area contributed by atoms with Crippen molar-refractivity contribution in [2.24, 2.45) is 5.11 Å². The molecular formula is C12H10BiN4. The molecule has 0 saturated heterocycles. The zero-order valence-corrected chi connectivity index (χ0v) is 12.5. The minimum Gasteiger partial charge on any atom is -0.399 e. The molecule has 4 nitrogen and oxygen atoms in total. The number of azide groups is 1. The average molecular weight is 419 g/mol. The van der Waals surface area contributed by atoms with Gasteiger partial charge in [-0.3, -0.25) is 0 Å². The fourth-order valence-corrected chi connectivity index (χ4v) is 1.45. The van der Waals surface area contributed by atoms with Gasteiger partial charge in [0, 0.05) is 42.5 Å². The molecule has 0 saturated carbocycles. The Hall–Kier alpha value is -1.57. The predicted molar refractivity (Wildman–Crippen MR) is 70.9 cm³/mol. The summed E-state index contributed by atoms with van der Waals surface area (Å²) in [6, 6.07) is 15.0. The Labute approximate surface area is 118 Å². The molecule has 2 aromatic rings. The maximum Gasteiger partial charge on any atom is 0.0375 e. The van der Waals surface area contributed by atoms with E-state index in [0.29, 0.717) is 5.69 Å². The molecule has 2 aromatic carbocycles. The van der Waals surface area contributed by atoms with Gasteiger partial charge in [0.15, 0.2) is 0 Å². The Morgan fingerprint density at radius 2 is 1.35 bits per heavy atom. The summed E-state index contributed by atoms with van der Waals surface area (Å²) >= 11 is 0. The number of nitrogen functional groups attached to an aromatic ring is 1. The zero-order valence-electron chi connectivity index (χ0n) is 8.99. The van der Waals surface area contributed by atoms with Crippen LogP contribution in [0.25, 0.3) is 21.6 Å². The van der Waals surface area contributed by atoms with E-state index in [-0.39, 0.29) is 26.2 Å². The van der Waals surface area contributed by atoms with E-state index in [1.54, 1.807) is 12.1 Å². The van der Waals surface area contributed by atoms with Crippen molar-refractivity contribution in [2.75, 3.05) is 5.73 Å². The Balaban J connectivity index is 0.00000144. The third kappa shape index (κ3) is 3.45. The molecule has 3 radical (unpaired) electrons. The van der Waals surface area contributed by atoms with E-state index in [2.05, 4.69) is 10.0 Å². The molecule has 0 bridgehead atoms. The van der Waals surface area contributed by atoms with Crippen molar-refractivity contribution in [3.05, 3.63) is 59.0 Å². The molecule has 0 aliphatic heterocycles. The van der Waals surface area contributed by atoms with Crippen LogP contribution in [0.5, 0.6) is 0 Å². The first kappa shape index (κ1) is 13.5. The molecule has 2 N–H and O–H groups in total. The normalized spacial score (nSPS) is 8.94. The van der Waals surface area contributed by atoms with E-state index in [1.165, 1.54) is 0 Å². The van der Waals surface area contributed by atoms with Crippen LogP contribution >= 0.6 is 0 Å². The van der Waals surface area contributed by atoms with Gasteiger partial charge < -0.3 is 5.73 Å². The van der Waals surface area contributed by atoms with Crippen molar-refractivity contribution in [1.29, 1.82) is 0 Å². The minimum absolute atomic E-state index is 0. The largest absolute Gasteiger partial charge is 0.399 e. The quantitative estimate of drug-likeness (QED) is 0.261. The first-order valence-electron chi connectivity index (χ1n) is 4.81. The first-order valence-corrected chi connectivity index (χ1v) is 4.81. The van der Waals surface area contributed by atoms with Crippen LogP contribution in [-0.2, 0) is 0 Å². The molecule has 5 heteroatoms. The number of anilines is 1. The fraction of sp³-hybridized carbons (Fsp3) is 0. The molecule has 0 atom stereocenters. The number of nitrogens with zero attached hydrogens (tertiary/aromatic N) is 3. The predicted octanol–water partition coefficient (Wildman–Crippen LogP) is 3.50. The van der Waals surface area contributed by atoms with Crippen molar-refractivity contribution in [3.63, 3.8) is 0 Å². The SMILES string of the molecule is [Bi].[N-]=[N+]=Nc1ccc(-c2ccc(N)cc2)cc1. The van der Waals surface area contributed by atoms with Gasteiger partial charge in [-0.2, -0.15) is 0 Å². The summed E-state index contributed by atoms with van der Waals surface area (Å²) in [5.74, 6) is 0. The van der Waals surface area contributed by atoms with Gasteiger partial charge in [-0.25, -0.2) is 0 Å². The topological polar surface area (TPSA) is 74.8 Å². The molecule has 0 spiro atoms. The van der Waals surface area contributed by atoms with E-state index in [0.717, 1.165) is 16.8 Å². The van der Waals surface area contributed by atoms with Crippen molar-refractivity contribution in [3.8, 4) is 11.1 Å². The second kappa shape index (κ2) is 6.24. The minimum atomic E-state index is 0. The van der Waals surface area contributed by atoms with Crippen LogP contribution in [0.3, 0.4) is 0 Å². The van der Waals surface area contributed by atoms with E-state index < -0.39 is 0 Å². The molecule has 0 fully saturated rings. The molecule has 17 heavy (non-hydrogen) atoms. The smallest absolute Gasteiger partial charge is 0.0375 e. The summed E-state index contributed by atoms with van der Waals surface area (Å²) in [4.78, 5) is 2.73. The molecule has 0 aliphatic rings. The second-order valence-electron chi connectivity index (χ2n) is 3.36. The van der Waals surface area contributed by atoms with E-state index >= 15 is 0 Å². The van der Waals surface area contributed by atoms with Crippen LogP contribution in [0.1, 0.15) is 0 Å². The molecule has 2 rings (SSSR count). The molecule has 0 aromatic heterocycles. The summed E-state index contributed by atoms with van der Waals surface area (Å²) < 4.78 is 0. The van der Waals surface area contributed by atoms with Crippen molar-refractivity contribution >= 4 is 37.6 Å². The Kier molecular flexibility index (Phi) is 4.95. The van der Waals surface area contributed by atoms with Crippen molar-refractivity contribution < 1.29 is 0 Å². The van der Waals surface area contributed by atoms with Crippen LogP contribution in [0.2, 0.25) is 0 Å². The third-order valence-electron chi connectivity index (χ3n) is 2.27. The number of hydrogen-bond donors (Lipinski definition) is 1. The molecule has 0 aliphatic carbocycles. The number of hydrogen-bond acceptors (Lipinski definition) is 2. The van der Waals surface area contributed by atoms with E-state index in [9.17, 15) is 0 Å². The van der Waals surface area contributed by atoms with E-state index in [4.69, 9.17) is 11.3 Å². The monoisotopic (exact) mass is 419 g/mol. The van der Waals surface area contributed by atoms with E-state index in [1.807, 2.05) is 36.4 Å². The molecule has 0 heterocycles. The molecule has 0 amide bonds. The van der Waals surface area contributed by atoms with Crippen molar-refractivity contribution in [2.45, 2.75) is 0 Å². The average Bonchev–Trinajstić information content (AvgIpc) is 2.32. The van der Waals surface area contributed by atoms with Gasteiger partial charge in [0.1, 0.15) is 0 Å². The Bertz CT molecular complexity index is 527. The fourth-order valence-electron chi connectivity index (χ4n) is 1.45. The van der Waals surface area contributed by atoms with Gasteiger partial charge in [0.05, 0.1) is 0 Å². The second-order valence-corrected chi connectivity index (χ2v) is 3.36. The van der Waals surface area contributed by atoms with Crippen LogP contribution in [-0.4, -0.2) is 26.2 Å². The van der Waals surface area contributed by atoms with Crippen LogP contribution in [0.15, 0.2) is 53.6 Å². The van der Waals surface area contributed by atoms with Crippen LogP contribution in [0, 0.1) is 0 Å². The maximum atomic E-state index is 8.28. The first-order chi connectivity index (χ1) is 7.79. The zero-order chi connectivity index (χ0) is 11.4. The van der Waals surface area contributed by atoms with Crippen LogP contribution in [0.4, 0.5) is 11.4 Å². The summed E-state index contributed by atoms with van der Waals surface area (Å²) in [5, 5.41) is 3.52. The molecule has 83 valence electrons. The van der Waals surface area contributed by atoms with Gasteiger partial charge >= 0.3 is 0 Å². The van der Waals surface area contributed by atoms with Gasteiger partial charge in [0.25, 0.3) is 0 Å². The van der Waals surface area contributed by atoms with Gasteiger partial charge in [0.2, 0.25) is 0 Å². The summed E-state index contributed by atoms with van der Waals surface area (Å²) in [6.45, 7) is 0. The number of rotatable bonds is 2.